The van der Waals surface area contributed by atoms with Crippen LogP contribution in [0.5, 0.6) is 0 Å². The highest BCUT2D eigenvalue weighted by Gasteiger charge is 2.22. The predicted octanol–water partition coefficient (Wildman–Crippen LogP) is 3.28. The van der Waals surface area contributed by atoms with Crippen molar-refractivity contribution in [1.82, 2.24) is 15.2 Å². The van der Waals surface area contributed by atoms with Gasteiger partial charge in [0.1, 0.15) is 6.61 Å². The van der Waals surface area contributed by atoms with E-state index in [4.69, 9.17) is 4.74 Å². The molecule has 2 aromatic carbocycles. The highest BCUT2D eigenvalue weighted by Crippen LogP contribution is 2.30. The van der Waals surface area contributed by atoms with E-state index in [2.05, 4.69) is 76.0 Å². The van der Waals surface area contributed by atoms with E-state index in [1.165, 1.54) is 27.6 Å². The number of hydrogen-bond donors (Lipinski definition) is 2. The minimum absolute atomic E-state index is 0. The van der Waals surface area contributed by atoms with Gasteiger partial charge in [0.05, 0.1) is 6.04 Å². The second-order valence-corrected chi connectivity index (χ2v) is 7.93. The summed E-state index contributed by atoms with van der Waals surface area (Å²) in [5, 5.41) is 4.12. The summed E-state index contributed by atoms with van der Waals surface area (Å²) >= 11 is 0. The number of amides is 1. The molecule has 6 heteroatoms. The number of ether oxygens (including phenoxy) is 1. The first-order chi connectivity index (χ1) is 14.2. The second-order valence-electron chi connectivity index (χ2n) is 7.93. The lowest BCUT2D eigenvalue weighted by Gasteiger charge is -2.26. The summed E-state index contributed by atoms with van der Waals surface area (Å²) in [5.74, 6) is 0. The minimum atomic E-state index is -0.314. The lowest BCUT2D eigenvalue weighted by Crippen LogP contribution is -2.28. The Hall–Kier alpha value is -3.09. The molecule has 1 amide bonds. The van der Waals surface area contributed by atoms with Crippen LogP contribution in [0.3, 0.4) is 0 Å². The maximum atomic E-state index is 11.3. The highest BCUT2D eigenvalue weighted by molar-refractivity contribution is 5.93. The van der Waals surface area contributed by atoms with Gasteiger partial charge in [0, 0.05) is 42.3 Å². The van der Waals surface area contributed by atoms with Gasteiger partial charge < -0.3 is 20.5 Å². The molecule has 4 N–H and O–H groups in total. The zero-order valence-electron chi connectivity index (χ0n) is 16.9. The molecule has 3 heterocycles. The molecule has 0 bridgehead atoms. The predicted molar refractivity (Wildman–Crippen MR) is 118 cm³/mol. The zero-order valence-corrected chi connectivity index (χ0v) is 16.9. The molecule has 0 radical (unpaired) electrons. The summed E-state index contributed by atoms with van der Waals surface area (Å²) in [6.07, 6.45) is 6.03. The van der Waals surface area contributed by atoms with E-state index in [0.717, 1.165) is 38.0 Å². The fourth-order valence-corrected chi connectivity index (χ4v) is 4.32. The maximum absolute atomic E-state index is 11.3. The molecular weight excluding hydrogens is 378 g/mol. The smallest absolute Gasteiger partial charge is 0.407 e. The number of nitrogens with one attached hydrogen (secondary N) is 2. The zero-order chi connectivity index (χ0) is 19.6. The van der Waals surface area contributed by atoms with Crippen molar-refractivity contribution in [3.05, 3.63) is 77.5 Å². The first-order valence-electron chi connectivity index (χ1n) is 10.2. The molecule has 0 saturated carbocycles. The Morgan fingerprint density at radius 1 is 1.10 bits per heavy atom. The number of hydrogen-bond acceptors (Lipinski definition) is 3. The molecule has 156 valence electrons. The summed E-state index contributed by atoms with van der Waals surface area (Å²) in [7, 11) is 0. The highest BCUT2D eigenvalue weighted by atomic mass is 16.6. The van der Waals surface area contributed by atoms with E-state index in [1.54, 1.807) is 0 Å². The molecule has 30 heavy (non-hydrogen) atoms. The van der Waals surface area contributed by atoms with E-state index in [-0.39, 0.29) is 17.6 Å². The number of benzene rings is 2. The van der Waals surface area contributed by atoms with Crippen molar-refractivity contribution < 1.29 is 15.0 Å². The molecule has 0 unspecified atom stereocenters. The molecule has 1 atom stereocenters. The number of carbonyl (C=O) groups excluding carboxylic acids is 1. The Bertz CT molecular complexity index is 1060. The standard InChI is InChI=1S/C24H25N3O2.H2O/c28-24-26-20(16-29-24)12-18-6-7-23-21(13-18)22(14-25-23)19-8-10-27(11-9-19)15-17-4-2-1-3-5-17;/h1-8,13-14,20,25H,9-12,15-16H2,(H,26,28);1H2/t20-;/m1./s1. The summed E-state index contributed by atoms with van der Waals surface area (Å²) in [6.45, 7) is 3.48. The van der Waals surface area contributed by atoms with Crippen molar-refractivity contribution in [3.63, 3.8) is 0 Å². The molecule has 3 aromatic rings. The number of cyclic esters (lactones) is 1. The van der Waals surface area contributed by atoms with Gasteiger partial charge in [-0.1, -0.05) is 42.5 Å². The molecule has 0 aliphatic carbocycles. The molecule has 5 rings (SSSR count). The van der Waals surface area contributed by atoms with Crippen LogP contribution in [0.2, 0.25) is 0 Å². The van der Waals surface area contributed by atoms with Crippen molar-refractivity contribution in [2.45, 2.75) is 25.4 Å². The lowest BCUT2D eigenvalue weighted by molar-refractivity contribution is 0.177. The van der Waals surface area contributed by atoms with Crippen LogP contribution in [-0.4, -0.2) is 47.2 Å². The first kappa shape index (κ1) is 20.2. The number of aromatic nitrogens is 1. The maximum Gasteiger partial charge on any atom is 0.407 e. The van der Waals surface area contributed by atoms with Crippen molar-refractivity contribution in [3.8, 4) is 0 Å². The third kappa shape index (κ3) is 4.25. The van der Waals surface area contributed by atoms with Gasteiger partial charge in [0.2, 0.25) is 0 Å². The van der Waals surface area contributed by atoms with Gasteiger partial charge >= 0.3 is 6.09 Å². The topological polar surface area (TPSA) is 88.9 Å². The largest absolute Gasteiger partial charge is 0.447 e. The molecule has 1 fully saturated rings. The Morgan fingerprint density at radius 3 is 2.70 bits per heavy atom. The Kier molecular flexibility index (Phi) is 5.88. The van der Waals surface area contributed by atoms with Gasteiger partial charge in [-0.3, -0.25) is 4.90 Å². The van der Waals surface area contributed by atoms with Gasteiger partial charge in [-0.2, -0.15) is 0 Å². The molecule has 0 spiro atoms. The van der Waals surface area contributed by atoms with Crippen molar-refractivity contribution in [2.75, 3.05) is 19.7 Å². The normalized spacial score (nSPS) is 19.1. The van der Waals surface area contributed by atoms with E-state index >= 15 is 0 Å². The van der Waals surface area contributed by atoms with E-state index in [0.29, 0.717) is 6.61 Å². The average molecular weight is 405 g/mol. The number of carbonyl (C=O) groups is 1. The van der Waals surface area contributed by atoms with Crippen LogP contribution < -0.4 is 5.32 Å². The SMILES string of the molecule is O.O=C1N[C@H](Cc2ccc3[nH]cc(C4=CCN(Cc5ccccc5)CC4)c3c2)CO1. The van der Waals surface area contributed by atoms with E-state index in [9.17, 15) is 4.79 Å². The summed E-state index contributed by atoms with van der Waals surface area (Å²) in [6, 6.07) is 17.2. The van der Waals surface area contributed by atoms with Crippen LogP contribution in [0.15, 0.2) is 60.8 Å². The van der Waals surface area contributed by atoms with E-state index < -0.39 is 0 Å². The van der Waals surface area contributed by atoms with Crippen molar-refractivity contribution in [2.24, 2.45) is 0 Å². The van der Waals surface area contributed by atoms with Crippen LogP contribution in [-0.2, 0) is 17.7 Å². The van der Waals surface area contributed by atoms with Gasteiger partial charge in [-0.05, 0) is 41.7 Å². The Morgan fingerprint density at radius 2 is 1.97 bits per heavy atom. The molecule has 2 aliphatic heterocycles. The van der Waals surface area contributed by atoms with Crippen LogP contribution >= 0.6 is 0 Å². The number of aromatic amines is 1. The fourth-order valence-electron chi connectivity index (χ4n) is 4.32. The number of fused-ring (bicyclic) bond motifs is 1. The molecule has 2 aliphatic rings. The van der Waals surface area contributed by atoms with Gasteiger partial charge in [-0.15, -0.1) is 0 Å². The first-order valence-corrected chi connectivity index (χ1v) is 10.2. The monoisotopic (exact) mass is 405 g/mol. The number of nitrogens with zero attached hydrogens (tertiary/aromatic N) is 1. The third-order valence-electron chi connectivity index (χ3n) is 5.85. The van der Waals surface area contributed by atoms with Crippen LogP contribution in [0.25, 0.3) is 16.5 Å². The van der Waals surface area contributed by atoms with E-state index in [1.807, 2.05) is 0 Å². The number of rotatable bonds is 5. The molecular formula is C24H27N3O3. The summed E-state index contributed by atoms with van der Waals surface area (Å²) in [4.78, 5) is 17.2. The second kappa shape index (κ2) is 8.73. The number of alkyl carbamates (subject to hydrolysis) is 1. The molecule has 1 aromatic heterocycles. The molecule has 6 nitrogen and oxygen atoms in total. The summed E-state index contributed by atoms with van der Waals surface area (Å²) < 4.78 is 5.01. The van der Waals surface area contributed by atoms with Gasteiger partial charge in [-0.25, -0.2) is 4.79 Å². The van der Waals surface area contributed by atoms with Crippen molar-refractivity contribution >= 4 is 22.6 Å². The quantitative estimate of drug-likeness (QED) is 0.683. The van der Waals surface area contributed by atoms with Crippen molar-refractivity contribution in [1.29, 1.82) is 0 Å². The van der Waals surface area contributed by atoms with Crippen LogP contribution in [0, 0.1) is 0 Å². The lowest BCUT2D eigenvalue weighted by atomic mass is 9.96. The van der Waals surface area contributed by atoms with Gasteiger partial charge in [0.15, 0.2) is 0 Å². The van der Waals surface area contributed by atoms with Crippen LogP contribution in [0.1, 0.15) is 23.1 Å². The van der Waals surface area contributed by atoms with Gasteiger partial charge in [0.25, 0.3) is 0 Å². The summed E-state index contributed by atoms with van der Waals surface area (Å²) in [5.41, 5.74) is 6.45. The average Bonchev–Trinajstić information content (AvgIpc) is 3.35. The Balaban J connectivity index is 0.00000218. The fraction of sp³-hybridized carbons (Fsp3) is 0.292. The molecule has 1 saturated heterocycles. The third-order valence-corrected chi connectivity index (χ3v) is 5.85. The van der Waals surface area contributed by atoms with Crippen LogP contribution in [0.4, 0.5) is 4.79 Å². The minimum Gasteiger partial charge on any atom is -0.447 e. The Labute approximate surface area is 175 Å². The number of H-pyrrole nitrogens is 1.